The molecule has 3 aromatic rings. The van der Waals surface area contributed by atoms with E-state index in [1.807, 2.05) is 0 Å². The Morgan fingerprint density at radius 3 is 2.55 bits per heavy atom. The van der Waals surface area contributed by atoms with Crippen molar-refractivity contribution in [2.75, 3.05) is 0 Å². The molecule has 0 saturated heterocycles. The molecule has 0 aliphatic carbocycles. The largest absolute Gasteiger partial charge is 0.507 e. The number of phenols is 1. The molecule has 0 fully saturated rings. The topological polar surface area (TPSA) is 48.9 Å². The maximum atomic E-state index is 13.7. The number of halogens is 2. The second-order valence-corrected chi connectivity index (χ2v) is 4.31. The molecule has 2 N–H and O–H groups in total. The van der Waals surface area contributed by atoms with Crippen molar-refractivity contribution in [2.24, 2.45) is 0 Å². The Balaban J connectivity index is 2.07. The molecule has 1 aromatic heterocycles. The molecule has 0 radical (unpaired) electrons. The lowest BCUT2D eigenvalue weighted by Gasteiger charge is -2.00. The molecule has 0 atom stereocenters. The number of para-hydroxylation sites is 1. The maximum Gasteiger partial charge on any atom is 0.132 e. The molecule has 20 heavy (non-hydrogen) atoms. The summed E-state index contributed by atoms with van der Waals surface area (Å²) in [5.74, 6) is -1.00. The molecule has 1 heterocycles. The van der Waals surface area contributed by atoms with E-state index >= 15 is 0 Å². The van der Waals surface area contributed by atoms with Crippen molar-refractivity contribution < 1.29 is 13.9 Å². The van der Waals surface area contributed by atoms with Crippen LogP contribution in [0.15, 0.2) is 48.5 Å². The third-order valence-corrected chi connectivity index (χ3v) is 2.98. The summed E-state index contributed by atoms with van der Waals surface area (Å²) in [4.78, 5) is 0. The molecule has 0 unspecified atom stereocenters. The van der Waals surface area contributed by atoms with Crippen molar-refractivity contribution in [3.05, 3.63) is 60.2 Å². The van der Waals surface area contributed by atoms with E-state index in [0.29, 0.717) is 11.3 Å². The fraction of sp³-hybridized carbons (Fsp3) is 0. The van der Waals surface area contributed by atoms with E-state index in [1.165, 1.54) is 0 Å². The van der Waals surface area contributed by atoms with Crippen LogP contribution in [0.5, 0.6) is 5.75 Å². The minimum atomic E-state index is -0.554. The molecule has 3 rings (SSSR count). The SMILES string of the molecule is Oc1ccccc1-c1cc(-c2cc(F)ccc2F)n[nH]1. The number of hydrogen-bond acceptors (Lipinski definition) is 2. The molecule has 5 heteroatoms. The fourth-order valence-corrected chi connectivity index (χ4v) is 1.99. The number of aromatic nitrogens is 2. The van der Waals surface area contributed by atoms with Crippen LogP contribution in [0.3, 0.4) is 0 Å². The Hall–Kier alpha value is -2.69. The van der Waals surface area contributed by atoms with Gasteiger partial charge in [-0.2, -0.15) is 5.10 Å². The molecule has 3 nitrogen and oxygen atoms in total. The van der Waals surface area contributed by atoms with Crippen LogP contribution in [0.1, 0.15) is 0 Å². The Bertz CT molecular complexity index is 768. The van der Waals surface area contributed by atoms with E-state index < -0.39 is 11.6 Å². The van der Waals surface area contributed by atoms with E-state index in [9.17, 15) is 13.9 Å². The quantitative estimate of drug-likeness (QED) is 0.746. The Morgan fingerprint density at radius 1 is 0.950 bits per heavy atom. The maximum absolute atomic E-state index is 13.7. The zero-order valence-corrected chi connectivity index (χ0v) is 10.3. The lowest BCUT2D eigenvalue weighted by atomic mass is 10.1. The van der Waals surface area contributed by atoms with E-state index in [-0.39, 0.29) is 17.0 Å². The fourth-order valence-electron chi connectivity index (χ4n) is 1.99. The number of H-pyrrole nitrogens is 1. The summed E-state index contributed by atoms with van der Waals surface area (Å²) < 4.78 is 26.9. The van der Waals surface area contributed by atoms with E-state index in [4.69, 9.17) is 0 Å². The van der Waals surface area contributed by atoms with Gasteiger partial charge in [-0.05, 0) is 36.4 Å². The van der Waals surface area contributed by atoms with Crippen molar-refractivity contribution in [3.8, 4) is 28.3 Å². The van der Waals surface area contributed by atoms with Crippen LogP contribution in [0.2, 0.25) is 0 Å². The monoisotopic (exact) mass is 272 g/mol. The minimum absolute atomic E-state index is 0.0721. The average molecular weight is 272 g/mol. The molecule has 0 bridgehead atoms. The van der Waals surface area contributed by atoms with E-state index in [1.54, 1.807) is 30.3 Å². The van der Waals surface area contributed by atoms with Crippen LogP contribution in [0.4, 0.5) is 8.78 Å². The van der Waals surface area contributed by atoms with Gasteiger partial charge < -0.3 is 5.11 Å². The Kier molecular flexibility index (Phi) is 2.95. The van der Waals surface area contributed by atoms with Crippen LogP contribution < -0.4 is 0 Å². The van der Waals surface area contributed by atoms with E-state index in [2.05, 4.69) is 10.2 Å². The highest BCUT2D eigenvalue weighted by Gasteiger charge is 2.12. The number of rotatable bonds is 2. The highest BCUT2D eigenvalue weighted by molar-refractivity contribution is 5.72. The number of aromatic amines is 1. The summed E-state index contributed by atoms with van der Waals surface area (Å²) in [6, 6.07) is 11.5. The van der Waals surface area contributed by atoms with Gasteiger partial charge in [0.15, 0.2) is 0 Å². The summed E-state index contributed by atoms with van der Waals surface area (Å²) in [6.45, 7) is 0. The molecule has 0 amide bonds. The lowest BCUT2D eigenvalue weighted by Crippen LogP contribution is -1.86. The second kappa shape index (κ2) is 4.77. The number of benzene rings is 2. The summed E-state index contributed by atoms with van der Waals surface area (Å²) in [7, 11) is 0. The smallest absolute Gasteiger partial charge is 0.132 e. The molecule has 0 aliphatic rings. The van der Waals surface area contributed by atoms with Gasteiger partial charge in [0.1, 0.15) is 17.4 Å². The zero-order valence-electron chi connectivity index (χ0n) is 10.3. The number of nitrogens with one attached hydrogen (secondary N) is 1. The average Bonchev–Trinajstić information content (AvgIpc) is 2.91. The van der Waals surface area contributed by atoms with Gasteiger partial charge in [0.2, 0.25) is 0 Å². The highest BCUT2D eigenvalue weighted by atomic mass is 19.1. The van der Waals surface area contributed by atoms with Crippen molar-refractivity contribution >= 4 is 0 Å². The Labute approximate surface area is 113 Å². The van der Waals surface area contributed by atoms with Crippen molar-refractivity contribution in [3.63, 3.8) is 0 Å². The van der Waals surface area contributed by atoms with Gasteiger partial charge in [0.05, 0.1) is 11.4 Å². The van der Waals surface area contributed by atoms with Gasteiger partial charge in [-0.3, -0.25) is 5.10 Å². The number of hydrogen-bond donors (Lipinski definition) is 2. The molecule has 0 saturated carbocycles. The first kappa shape index (κ1) is 12.3. The normalized spacial score (nSPS) is 10.7. The lowest BCUT2D eigenvalue weighted by molar-refractivity contribution is 0.477. The van der Waals surface area contributed by atoms with Crippen molar-refractivity contribution in [1.82, 2.24) is 10.2 Å². The molecule has 2 aromatic carbocycles. The first-order valence-corrected chi connectivity index (χ1v) is 5.94. The van der Waals surface area contributed by atoms with Gasteiger partial charge in [0.25, 0.3) is 0 Å². The molecule has 0 aliphatic heterocycles. The van der Waals surface area contributed by atoms with Crippen LogP contribution in [-0.4, -0.2) is 15.3 Å². The predicted molar refractivity (Wildman–Crippen MR) is 71.0 cm³/mol. The first-order valence-electron chi connectivity index (χ1n) is 5.94. The van der Waals surface area contributed by atoms with Crippen LogP contribution in [0, 0.1) is 11.6 Å². The van der Waals surface area contributed by atoms with Gasteiger partial charge in [-0.1, -0.05) is 12.1 Å². The summed E-state index contributed by atoms with van der Waals surface area (Å²) in [5, 5.41) is 16.4. The third kappa shape index (κ3) is 2.14. The summed E-state index contributed by atoms with van der Waals surface area (Å²) >= 11 is 0. The van der Waals surface area contributed by atoms with Crippen molar-refractivity contribution in [1.29, 1.82) is 0 Å². The first-order chi connectivity index (χ1) is 9.65. The molecular formula is C15H10F2N2O. The van der Waals surface area contributed by atoms with Gasteiger partial charge in [0, 0.05) is 11.1 Å². The molecular weight excluding hydrogens is 262 g/mol. The minimum Gasteiger partial charge on any atom is -0.507 e. The highest BCUT2D eigenvalue weighted by Crippen LogP contribution is 2.30. The zero-order chi connectivity index (χ0) is 14.1. The molecule has 100 valence electrons. The predicted octanol–water partition coefficient (Wildman–Crippen LogP) is 3.73. The van der Waals surface area contributed by atoms with Gasteiger partial charge in [-0.15, -0.1) is 0 Å². The molecule has 0 spiro atoms. The van der Waals surface area contributed by atoms with E-state index in [0.717, 1.165) is 18.2 Å². The van der Waals surface area contributed by atoms with Crippen LogP contribution >= 0.6 is 0 Å². The summed E-state index contributed by atoms with van der Waals surface area (Å²) in [5.41, 5.74) is 1.42. The Morgan fingerprint density at radius 2 is 1.75 bits per heavy atom. The van der Waals surface area contributed by atoms with Crippen LogP contribution in [0.25, 0.3) is 22.5 Å². The number of phenolic OH excluding ortho intramolecular Hbond substituents is 1. The number of aromatic hydroxyl groups is 1. The van der Waals surface area contributed by atoms with Crippen molar-refractivity contribution in [2.45, 2.75) is 0 Å². The second-order valence-electron chi connectivity index (χ2n) is 4.31. The van der Waals surface area contributed by atoms with Gasteiger partial charge >= 0.3 is 0 Å². The van der Waals surface area contributed by atoms with Crippen LogP contribution in [-0.2, 0) is 0 Å². The number of nitrogens with zero attached hydrogens (tertiary/aromatic N) is 1. The summed E-state index contributed by atoms with van der Waals surface area (Å²) in [6.07, 6.45) is 0. The standard InChI is InChI=1S/C15H10F2N2O/c16-9-5-6-12(17)11(7-9)14-8-13(18-19-14)10-3-1-2-4-15(10)20/h1-8,20H,(H,18,19). The third-order valence-electron chi connectivity index (χ3n) is 2.98. The van der Waals surface area contributed by atoms with Gasteiger partial charge in [-0.25, -0.2) is 8.78 Å².